The first-order valence-corrected chi connectivity index (χ1v) is 3.81. The van der Waals surface area contributed by atoms with Crippen LogP contribution in [-0.2, 0) is 6.61 Å². The van der Waals surface area contributed by atoms with Gasteiger partial charge in [0.15, 0.2) is 0 Å². The molecule has 0 aliphatic rings. The summed E-state index contributed by atoms with van der Waals surface area (Å²) < 4.78 is 0. The predicted molar refractivity (Wildman–Crippen MR) is 45.5 cm³/mol. The van der Waals surface area contributed by atoms with Gasteiger partial charge in [-0.15, -0.1) is 0 Å². The molecule has 0 spiro atoms. The topological polar surface area (TPSA) is 74.7 Å². The maximum atomic E-state index is 8.77. The molecule has 0 aromatic carbocycles. The van der Waals surface area contributed by atoms with E-state index in [4.69, 9.17) is 5.11 Å². The van der Waals surface area contributed by atoms with Crippen molar-refractivity contribution >= 4 is 0 Å². The third-order valence-electron chi connectivity index (χ3n) is 1.62. The average Bonchev–Trinajstić information content (AvgIpc) is 2.67. The van der Waals surface area contributed by atoms with Crippen LogP contribution in [0.2, 0.25) is 0 Å². The lowest BCUT2D eigenvalue weighted by Crippen LogP contribution is -1.86. The van der Waals surface area contributed by atoms with Gasteiger partial charge in [0, 0.05) is 12.4 Å². The highest BCUT2D eigenvalue weighted by atomic mass is 16.3. The Morgan fingerprint density at radius 2 is 2.15 bits per heavy atom. The van der Waals surface area contributed by atoms with Crippen LogP contribution in [0.25, 0.3) is 11.4 Å². The summed E-state index contributed by atoms with van der Waals surface area (Å²) in [6.07, 6.45) is 6.46. The smallest absolute Gasteiger partial charge is 0.132 e. The van der Waals surface area contributed by atoms with E-state index in [1.807, 2.05) is 0 Å². The number of hydrogen-bond donors (Lipinski definition) is 2. The van der Waals surface area contributed by atoms with E-state index in [9.17, 15) is 0 Å². The molecule has 0 atom stereocenters. The minimum atomic E-state index is -0.0970. The highest BCUT2D eigenvalue weighted by molar-refractivity contribution is 5.51. The number of imidazole rings is 1. The van der Waals surface area contributed by atoms with Crippen LogP contribution in [0.3, 0.4) is 0 Å². The molecular formula is C8H8N4O. The fourth-order valence-corrected chi connectivity index (χ4v) is 1.01. The van der Waals surface area contributed by atoms with Gasteiger partial charge < -0.3 is 10.1 Å². The zero-order valence-electron chi connectivity index (χ0n) is 6.81. The lowest BCUT2D eigenvalue weighted by molar-refractivity contribution is 0.272. The number of aliphatic hydroxyl groups excluding tert-OH is 1. The Bertz CT molecular complexity index is 384. The Balaban J connectivity index is 2.36. The van der Waals surface area contributed by atoms with E-state index in [1.54, 1.807) is 24.8 Å². The molecule has 2 heterocycles. The summed E-state index contributed by atoms with van der Waals surface area (Å²) in [5.41, 5.74) is 1.48. The number of aliphatic hydroxyl groups is 1. The zero-order chi connectivity index (χ0) is 9.10. The van der Waals surface area contributed by atoms with Gasteiger partial charge in [0.2, 0.25) is 0 Å². The first kappa shape index (κ1) is 7.88. The van der Waals surface area contributed by atoms with Gasteiger partial charge in [0.05, 0.1) is 18.1 Å². The molecule has 0 aliphatic carbocycles. The van der Waals surface area contributed by atoms with Crippen LogP contribution in [0.5, 0.6) is 0 Å². The molecule has 0 aliphatic heterocycles. The van der Waals surface area contributed by atoms with E-state index in [0.29, 0.717) is 5.82 Å². The monoisotopic (exact) mass is 176 g/mol. The fourth-order valence-electron chi connectivity index (χ4n) is 1.01. The van der Waals surface area contributed by atoms with Gasteiger partial charge in [-0.1, -0.05) is 0 Å². The molecule has 5 nitrogen and oxygen atoms in total. The van der Waals surface area contributed by atoms with Crippen molar-refractivity contribution in [2.45, 2.75) is 6.61 Å². The molecule has 13 heavy (non-hydrogen) atoms. The molecule has 2 N–H and O–H groups in total. The van der Waals surface area contributed by atoms with Crippen molar-refractivity contribution in [1.29, 1.82) is 0 Å². The molecule has 66 valence electrons. The number of nitrogens with one attached hydrogen (secondary N) is 1. The molecule has 0 amide bonds. The van der Waals surface area contributed by atoms with Gasteiger partial charge in [0.1, 0.15) is 18.1 Å². The van der Waals surface area contributed by atoms with Crippen molar-refractivity contribution in [2.75, 3.05) is 0 Å². The Kier molecular flexibility index (Phi) is 2.01. The minimum Gasteiger partial charge on any atom is -0.388 e. The predicted octanol–water partition coefficient (Wildman–Crippen LogP) is 0.359. The van der Waals surface area contributed by atoms with Crippen LogP contribution in [0, 0.1) is 0 Å². The number of nitrogens with zero attached hydrogens (tertiary/aromatic N) is 3. The second-order valence-corrected chi connectivity index (χ2v) is 2.49. The molecule has 2 aromatic rings. The third-order valence-corrected chi connectivity index (χ3v) is 1.62. The van der Waals surface area contributed by atoms with Crippen molar-refractivity contribution in [3.05, 3.63) is 30.6 Å². The maximum absolute atomic E-state index is 8.77. The summed E-state index contributed by atoms with van der Waals surface area (Å²) >= 11 is 0. The lowest BCUT2D eigenvalue weighted by Gasteiger charge is -1.92. The van der Waals surface area contributed by atoms with Crippen molar-refractivity contribution in [1.82, 2.24) is 19.9 Å². The Morgan fingerprint density at radius 3 is 2.77 bits per heavy atom. The number of H-pyrrole nitrogens is 1. The van der Waals surface area contributed by atoms with Gasteiger partial charge in [-0.25, -0.2) is 4.98 Å². The maximum Gasteiger partial charge on any atom is 0.132 e. The van der Waals surface area contributed by atoms with E-state index in [0.717, 1.165) is 11.4 Å². The van der Waals surface area contributed by atoms with E-state index >= 15 is 0 Å². The van der Waals surface area contributed by atoms with Gasteiger partial charge in [-0.3, -0.25) is 9.97 Å². The molecule has 0 saturated heterocycles. The number of rotatable bonds is 2. The molecule has 2 rings (SSSR count). The first-order chi connectivity index (χ1) is 6.40. The largest absolute Gasteiger partial charge is 0.388 e. The van der Waals surface area contributed by atoms with Gasteiger partial charge in [-0.2, -0.15) is 0 Å². The highest BCUT2D eigenvalue weighted by Gasteiger charge is 2.02. The summed E-state index contributed by atoms with van der Waals surface area (Å²) in [5.74, 6) is 0.528. The SMILES string of the molecule is OCc1ncc(-c2cnccn2)[nH]1. The second-order valence-electron chi connectivity index (χ2n) is 2.49. The Labute approximate surface area is 74.5 Å². The third kappa shape index (κ3) is 1.54. The van der Waals surface area contributed by atoms with Crippen LogP contribution in [0.1, 0.15) is 5.82 Å². The van der Waals surface area contributed by atoms with Crippen LogP contribution in [-0.4, -0.2) is 25.0 Å². The van der Waals surface area contributed by atoms with E-state index in [1.165, 1.54) is 0 Å². The summed E-state index contributed by atoms with van der Waals surface area (Å²) in [6.45, 7) is -0.0970. The van der Waals surface area contributed by atoms with Gasteiger partial charge >= 0.3 is 0 Å². The first-order valence-electron chi connectivity index (χ1n) is 3.81. The Morgan fingerprint density at radius 1 is 1.23 bits per heavy atom. The van der Waals surface area contributed by atoms with Crippen LogP contribution in [0.4, 0.5) is 0 Å². The molecule has 0 fully saturated rings. The quantitative estimate of drug-likeness (QED) is 0.692. The van der Waals surface area contributed by atoms with E-state index in [2.05, 4.69) is 19.9 Å². The zero-order valence-corrected chi connectivity index (χ0v) is 6.81. The van der Waals surface area contributed by atoms with Gasteiger partial charge in [-0.05, 0) is 0 Å². The van der Waals surface area contributed by atoms with Crippen LogP contribution < -0.4 is 0 Å². The second kappa shape index (κ2) is 3.32. The summed E-state index contributed by atoms with van der Waals surface area (Å²) in [6, 6.07) is 0. The molecule has 5 heteroatoms. The summed E-state index contributed by atoms with van der Waals surface area (Å²) in [5, 5.41) is 8.77. The molecule has 0 bridgehead atoms. The average molecular weight is 176 g/mol. The molecule has 0 unspecified atom stereocenters. The number of aromatic nitrogens is 4. The highest BCUT2D eigenvalue weighted by Crippen LogP contribution is 2.11. The molecule has 0 radical (unpaired) electrons. The summed E-state index contributed by atoms with van der Waals surface area (Å²) in [4.78, 5) is 14.9. The van der Waals surface area contributed by atoms with Crippen molar-refractivity contribution in [3.63, 3.8) is 0 Å². The fraction of sp³-hybridized carbons (Fsp3) is 0.125. The molecule has 0 saturated carbocycles. The molecule has 2 aromatic heterocycles. The van der Waals surface area contributed by atoms with E-state index < -0.39 is 0 Å². The number of aromatic amines is 1. The Hall–Kier alpha value is -1.75. The standard InChI is InChI=1S/C8H8N4O/c13-5-8-11-4-7(12-8)6-3-9-1-2-10-6/h1-4,13H,5H2,(H,11,12). The molecular weight excluding hydrogens is 168 g/mol. The van der Waals surface area contributed by atoms with Crippen molar-refractivity contribution < 1.29 is 5.11 Å². The lowest BCUT2D eigenvalue weighted by atomic mass is 10.3. The van der Waals surface area contributed by atoms with Gasteiger partial charge in [0.25, 0.3) is 0 Å². The minimum absolute atomic E-state index is 0.0970. The van der Waals surface area contributed by atoms with Crippen LogP contribution in [0.15, 0.2) is 24.8 Å². The normalized spacial score (nSPS) is 10.2. The number of hydrogen-bond acceptors (Lipinski definition) is 4. The van der Waals surface area contributed by atoms with E-state index in [-0.39, 0.29) is 6.61 Å². The van der Waals surface area contributed by atoms with Crippen molar-refractivity contribution in [3.8, 4) is 11.4 Å². The van der Waals surface area contributed by atoms with Crippen molar-refractivity contribution in [2.24, 2.45) is 0 Å². The van der Waals surface area contributed by atoms with Crippen LogP contribution >= 0.6 is 0 Å². The summed E-state index contributed by atoms with van der Waals surface area (Å²) in [7, 11) is 0.